The lowest BCUT2D eigenvalue weighted by Gasteiger charge is -1.96. The Morgan fingerprint density at radius 3 is 2.50 bits per heavy atom. The first-order chi connectivity index (χ1) is 5.54. The van der Waals surface area contributed by atoms with Crippen molar-refractivity contribution in [3.63, 3.8) is 0 Å². The van der Waals surface area contributed by atoms with Crippen molar-refractivity contribution in [3.8, 4) is 0 Å². The molecule has 0 spiro atoms. The Balaban J connectivity index is 2.93. The predicted octanol–water partition coefficient (Wildman–Crippen LogP) is 1.90. The molecule has 1 nitrogen and oxygen atoms in total. The van der Waals surface area contributed by atoms with Crippen LogP contribution in [0.2, 0.25) is 0 Å². The minimum absolute atomic E-state index is 0.292. The molecule has 0 bridgehead atoms. The molecular weight excluding hydrogens is 144 g/mol. The zero-order chi connectivity index (χ0) is 9.19. The Morgan fingerprint density at radius 2 is 2.10 bits per heavy atom. The molecule has 0 aliphatic heterocycles. The zero-order valence-corrected chi connectivity index (χ0v) is 6.48. The molecule has 10 heavy (non-hydrogen) atoms. The first-order valence-electron chi connectivity index (χ1n) is 3.91. The first kappa shape index (κ1) is 5.22. The number of thioether (sulfide) groups is 1. The van der Waals surface area contributed by atoms with E-state index in [0.717, 1.165) is 4.90 Å². The highest BCUT2D eigenvalue weighted by Crippen LogP contribution is 2.14. The molecule has 0 aliphatic carbocycles. The van der Waals surface area contributed by atoms with Gasteiger partial charge in [0.25, 0.3) is 0 Å². The van der Waals surface area contributed by atoms with Gasteiger partial charge >= 0.3 is 0 Å². The van der Waals surface area contributed by atoms with E-state index in [2.05, 4.69) is 0 Å². The summed E-state index contributed by atoms with van der Waals surface area (Å²) >= 11 is 1.58. The maximum atomic E-state index is 8.98. The fourth-order valence-corrected chi connectivity index (χ4v) is 1.07. The molecular formula is C8H10OS. The van der Waals surface area contributed by atoms with Crippen molar-refractivity contribution in [3.05, 3.63) is 29.8 Å². The summed E-state index contributed by atoms with van der Waals surface area (Å²) in [6, 6.07) is 6.75. The van der Waals surface area contributed by atoms with Crippen LogP contribution in [0, 0.1) is 0 Å². The maximum absolute atomic E-state index is 8.98. The van der Waals surface area contributed by atoms with E-state index >= 15 is 0 Å². The Labute approximate surface area is 67.9 Å². The molecule has 0 radical (unpaired) electrons. The lowest BCUT2D eigenvalue weighted by molar-refractivity contribution is 0.282. The molecule has 0 fully saturated rings. The van der Waals surface area contributed by atoms with E-state index in [1.807, 2.05) is 6.26 Å². The molecule has 0 atom stereocenters. The summed E-state index contributed by atoms with van der Waals surface area (Å²) in [4.78, 5) is 1.06. The zero-order valence-electron chi connectivity index (χ0n) is 7.66. The van der Waals surface area contributed by atoms with Crippen LogP contribution in [0.1, 0.15) is 8.30 Å². The van der Waals surface area contributed by atoms with Crippen molar-refractivity contribution in [2.45, 2.75) is 11.5 Å². The first-order valence-corrected chi connectivity index (χ1v) is 4.13. The van der Waals surface area contributed by atoms with Crippen LogP contribution in [0.5, 0.6) is 0 Å². The number of benzene rings is 1. The highest BCUT2D eigenvalue weighted by atomic mass is 32.2. The minimum Gasteiger partial charge on any atom is -0.392 e. The second kappa shape index (κ2) is 3.64. The molecule has 1 aromatic carbocycles. The van der Waals surface area contributed by atoms with Crippen LogP contribution in [0.4, 0.5) is 0 Å². The molecule has 1 N–H and O–H groups in total. The largest absolute Gasteiger partial charge is 0.392 e. The third-order valence-corrected chi connectivity index (χ3v) is 1.96. The van der Waals surface area contributed by atoms with Gasteiger partial charge in [0.1, 0.15) is 0 Å². The quantitative estimate of drug-likeness (QED) is 0.660. The van der Waals surface area contributed by atoms with E-state index in [1.165, 1.54) is 0 Å². The standard InChI is InChI=1S/C8H10OS/c1-10-8-4-2-7(6-9)3-5-8/h2-5,9H,6H2,1H3/i6D2. The summed E-state index contributed by atoms with van der Waals surface area (Å²) < 4.78 is 14.0. The number of hydrogen-bond acceptors (Lipinski definition) is 2. The van der Waals surface area contributed by atoms with E-state index in [-0.39, 0.29) is 0 Å². The summed E-state index contributed by atoms with van der Waals surface area (Å²) in [5.74, 6) is 0. The van der Waals surface area contributed by atoms with Crippen LogP contribution in [-0.4, -0.2) is 11.4 Å². The molecule has 0 saturated carbocycles. The summed E-state index contributed by atoms with van der Waals surface area (Å²) in [7, 11) is 0. The summed E-state index contributed by atoms with van der Waals surface area (Å²) in [5.41, 5.74) is 0.292. The van der Waals surface area contributed by atoms with Crippen molar-refractivity contribution in [1.29, 1.82) is 0 Å². The highest BCUT2D eigenvalue weighted by Gasteiger charge is 1.89. The Morgan fingerprint density at radius 1 is 1.50 bits per heavy atom. The molecule has 0 unspecified atom stereocenters. The van der Waals surface area contributed by atoms with Gasteiger partial charge in [-0.15, -0.1) is 11.8 Å². The second-order valence-corrected chi connectivity index (χ2v) is 2.72. The smallest absolute Gasteiger partial charge is 0.0681 e. The summed E-state index contributed by atoms with van der Waals surface area (Å²) in [6.07, 6.45) is 1.95. The molecule has 0 aromatic heterocycles. The van der Waals surface area contributed by atoms with Gasteiger partial charge < -0.3 is 5.11 Å². The topological polar surface area (TPSA) is 20.2 Å². The molecule has 54 valence electrons. The van der Waals surface area contributed by atoms with Gasteiger partial charge in [0.2, 0.25) is 0 Å². The fourth-order valence-electron chi connectivity index (χ4n) is 0.666. The molecule has 0 amide bonds. The Kier molecular flexibility index (Phi) is 1.90. The Bertz CT molecular complexity index is 253. The van der Waals surface area contributed by atoms with Crippen molar-refractivity contribution < 1.29 is 7.85 Å². The monoisotopic (exact) mass is 156 g/mol. The maximum Gasteiger partial charge on any atom is 0.0681 e. The lowest BCUT2D eigenvalue weighted by atomic mass is 10.2. The van der Waals surface area contributed by atoms with E-state index in [9.17, 15) is 0 Å². The number of aliphatic hydroxyl groups is 1. The van der Waals surface area contributed by atoms with Crippen LogP contribution in [0.25, 0.3) is 0 Å². The van der Waals surface area contributed by atoms with Gasteiger partial charge in [-0.05, 0) is 24.0 Å². The molecule has 0 saturated heterocycles. The van der Waals surface area contributed by atoms with Crippen LogP contribution >= 0.6 is 11.8 Å². The number of rotatable bonds is 2. The van der Waals surface area contributed by atoms with Crippen LogP contribution in [0.3, 0.4) is 0 Å². The normalized spacial score (nSPS) is 14.2. The third kappa shape index (κ3) is 1.75. The average Bonchev–Trinajstić information content (AvgIpc) is 2.03. The molecule has 0 heterocycles. The second-order valence-electron chi connectivity index (χ2n) is 1.84. The van der Waals surface area contributed by atoms with E-state index in [1.54, 1.807) is 36.0 Å². The SMILES string of the molecule is [2H]C([2H])(O)c1ccc(SC)cc1. The summed E-state index contributed by atoms with van der Waals surface area (Å²) in [6.45, 7) is -2.23. The van der Waals surface area contributed by atoms with Gasteiger partial charge in [-0.1, -0.05) is 12.1 Å². The van der Waals surface area contributed by atoms with E-state index in [4.69, 9.17) is 7.85 Å². The van der Waals surface area contributed by atoms with Gasteiger partial charge in [-0.2, -0.15) is 0 Å². The van der Waals surface area contributed by atoms with Crippen molar-refractivity contribution in [2.75, 3.05) is 6.26 Å². The molecule has 2 heteroatoms. The summed E-state index contributed by atoms with van der Waals surface area (Å²) in [5, 5.41) is 8.98. The van der Waals surface area contributed by atoms with Gasteiger partial charge in [0.05, 0.1) is 9.30 Å². The molecule has 1 aromatic rings. The Hall–Kier alpha value is -0.470. The third-order valence-electron chi connectivity index (χ3n) is 1.22. The molecule has 0 aliphatic rings. The van der Waals surface area contributed by atoms with Crippen molar-refractivity contribution in [1.82, 2.24) is 0 Å². The van der Waals surface area contributed by atoms with Gasteiger partial charge in [0.15, 0.2) is 0 Å². The van der Waals surface area contributed by atoms with Crippen molar-refractivity contribution >= 4 is 11.8 Å². The lowest BCUT2D eigenvalue weighted by Crippen LogP contribution is -1.80. The predicted molar refractivity (Wildman–Crippen MR) is 44.1 cm³/mol. The van der Waals surface area contributed by atoms with Gasteiger partial charge in [-0.25, -0.2) is 0 Å². The fraction of sp³-hybridized carbons (Fsp3) is 0.250. The van der Waals surface area contributed by atoms with Gasteiger partial charge in [0, 0.05) is 4.90 Å². The van der Waals surface area contributed by atoms with E-state index in [0.29, 0.717) is 5.56 Å². The highest BCUT2D eigenvalue weighted by molar-refractivity contribution is 7.98. The van der Waals surface area contributed by atoms with Crippen molar-refractivity contribution in [2.24, 2.45) is 0 Å². The molecule has 1 rings (SSSR count). The average molecular weight is 156 g/mol. The number of hydrogen-bond donors (Lipinski definition) is 1. The van der Waals surface area contributed by atoms with Gasteiger partial charge in [-0.3, -0.25) is 0 Å². The van der Waals surface area contributed by atoms with Crippen LogP contribution in [-0.2, 0) is 6.56 Å². The van der Waals surface area contributed by atoms with Crippen LogP contribution in [0.15, 0.2) is 29.2 Å². The van der Waals surface area contributed by atoms with Crippen LogP contribution < -0.4 is 0 Å². The minimum atomic E-state index is -2.23. The van der Waals surface area contributed by atoms with E-state index < -0.39 is 6.56 Å².